The van der Waals surface area contributed by atoms with Gasteiger partial charge in [0.25, 0.3) is 0 Å². The lowest BCUT2D eigenvalue weighted by atomic mass is 9.86. The topological polar surface area (TPSA) is 64.6 Å². The maximum absolute atomic E-state index is 12.3. The van der Waals surface area contributed by atoms with Gasteiger partial charge in [-0.1, -0.05) is 76.3 Å². The summed E-state index contributed by atoms with van der Waals surface area (Å²) in [5.74, 6) is 0.358. The maximum Gasteiger partial charge on any atom is 0.417 e. The molecule has 1 aromatic carbocycles. The van der Waals surface area contributed by atoms with Crippen molar-refractivity contribution >= 4 is 24.0 Å². The molecule has 2 atom stereocenters. The van der Waals surface area contributed by atoms with Gasteiger partial charge in [0.15, 0.2) is 0 Å². The Bertz CT molecular complexity index is 587. The van der Waals surface area contributed by atoms with Gasteiger partial charge in [-0.05, 0) is 35.8 Å². The molecule has 0 spiro atoms. The zero-order valence-corrected chi connectivity index (χ0v) is 17.3. The molecule has 1 saturated carbocycles. The summed E-state index contributed by atoms with van der Waals surface area (Å²) in [5.41, 5.74) is 0.958. The Balaban J connectivity index is 1.90. The van der Waals surface area contributed by atoms with Crippen LogP contribution in [0.5, 0.6) is 0 Å². The second-order valence-corrected chi connectivity index (χ2v) is 8.46. The third kappa shape index (κ3) is 7.09. The molecular formula is C21H31NO4S. The molecule has 1 aromatic rings. The molecule has 0 aliphatic heterocycles. The van der Waals surface area contributed by atoms with Gasteiger partial charge in [0, 0.05) is 0 Å². The van der Waals surface area contributed by atoms with Crippen LogP contribution in [0.25, 0.3) is 0 Å². The zero-order valence-electron chi connectivity index (χ0n) is 16.5. The fraction of sp³-hybridized carbons (Fsp3) is 0.619. The first kappa shape index (κ1) is 21.6. The first-order valence-corrected chi connectivity index (χ1v) is 10.6. The van der Waals surface area contributed by atoms with Crippen LogP contribution >= 0.6 is 11.9 Å². The average molecular weight is 394 g/mol. The van der Waals surface area contributed by atoms with Crippen molar-refractivity contribution < 1.29 is 19.1 Å². The summed E-state index contributed by atoms with van der Waals surface area (Å²) in [6.07, 6.45) is 5.85. The maximum atomic E-state index is 12.3. The molecule has 6 heteroatoms. The van der Waals surface area contributed by atoms with E-state index in [1.165, 1.54) is 26.4 Å². The van der Waals surface area contributed by atoms with E-state index in [4.69, 9.17) is 9.47 Å². The van der Waals surface area contributed by atoms with Crippen molar-refractivity contribution in [1.29, 1.82) is 0 Å². The molecule has 1 aliphatic rings. The summed E-state index contributed by atoms with van der Waals surface area (Å²) >= 11 is 1.11. The van der Waals surface area contributed by atoms with Gasteiger partial charge in [-0.25, -0.2) is 4.79 Å². The first-order chi connectivity index (χ1) is 13.0. The second-order valence-electron chi connectivity index (χ2n) is 7.45. The number of rotatable bonds is 8. The Morgan fingerprint density at radius 2 is 1.81 bits per heavy atom. The fourth-order valence-corrected chi connectivity index (χ4v) is 4.39. The Labute approximate surface area is 166 Å². The minimum Gasteiger partial charge on any atom is -0.468 e. The van der Waals surface area contributed by atoms with E-state index in [1.54, 1.807) is 0 Å². The molecule has 1 N–H and O–H groups in total. The number of amides is 1. The summed E-state index contributed by atoms with van der Waals surface area (Å²) in [6, 6.07) is 9.69. The van der Waals surface area contributed by atoms with E-state index in [1.807, 2.05) is 44.2 Å². The monoisotopic (exact) mass is 393 g/mol. The highest BCUT2D eigenvalue weighted by molar-refractivity contribution is 7.99. The van der Waals surface area contributed by atoms with Gasteiger partial charge in [0.05, 0.1) is 7.11 Å². The van der Waals surface area contributed by atoms with Crippen molar-refractivity contribution in [2.75, 3.05) is 7.11 Å². The number of hydrogen-bond acceptors (Lipinski definition) is 5. The van der Waals surface area contributed by atoms with E-state index < -0.39 is 11.3 Å². The third-order valence-electron chi connectivity index (χ3n) is 4.99. The van der Waals surface area contributed by atoms with Crippen molar-refractivity contribution in [3.8, 4) is 0 Å². The number of methoxy groups -OCH3 is 1. The molecule has 27 heavy (non-hydrogen) atoms. The van der Waals surface area contributed by atoms with Crippen LogP contribution in [0.2, 0.25) is 0 Å². The standard InChI is InChI=1S/C21H31NO4S/c1-15(2)19(17-12-8-5-9-13-17)26-21(24)22-27-18(20(23)25-3)14-16-10-6-4-7-11-16/h5,8-9,12-13,15-16,18-19H,4,6-7,10-11,14H2,1-3H3,(H,22,24)/t18-,19?/m0/s1. The van der Waals surface area contributed by atoms with Crippen molar-refractivity contribution in [2.24, 2.45) is 11.8 Å². The van der Waals surface area contributed by atoms with E-state index in [0.717, 1.165) is 36.8 Å². The lowest BCUT2D eigenvalue weighted by molar-refractivity contribution is -0.140. The van der Waals surface area contributed by atoms with Crippen molar-refractivity contribution in [1.82, 2.24) is 4.72 Å². The fourth-order valence-electron chi connectivity index (χ4n) is 3.54. The van der Waals surface area contributed by atoms with Crippen molar-refractivity contribution in [3.05, 3.63) is 35.9 Å². The molecule has 1 unspecified atom stereocenters. The predicted octanol–water partition coefficient (Wildman–Crippen LogP) is 5.27. The number of ether oxygens (including phenoxy) is 2. The number of nitrogens with one attached hydrogen (secondary N) is 1. The average Bonchev–Trinajstić information content (AvgIpc) is 2.69. The van der Waals surface area contributed by atoms with Gasteiger partial charge in [-0.3, -0.25) is 9.52 Å². The van der Waals surface area contributed by atoms with E-state index in [0.29, 0.717) is 5.92 Å². The molecule has 0 aromatic heterocycles. The van der Waals surface area contributed by atoms with Crippen molar-refractivity contribution in [2.45, 2.75) is 63.7 Å². The van der Waals surface area contributed by atoms with Crippen LogP contribution in [-0.2, 0) is 14.3 Å². The lowest BCUT2D eigenvalue weighted by Gasteiger charge is -2.25. The number of carbonyl (C=O) groups excluding carboxylic acids is 2. The molecule has 0 radical (unpaired) electrons. The molecule has 0 bridgehead atoms. The molecule has 2 rings (SSSR count). The number of hydrogen-bond donors (Lipinski definition) is 1. The molecule has 0 heterocycles. The normalized spacial score (nSPS) is 17.2. The van der Waals surface area contributed by atoms with Crippen LogP contribution in [0.15, 0.2) is 30.3 Å². The largest absolute Gasteiger partial charge is 0.468 e. The minimum atomic E-state index is -0.528. The Kier molecular flexibility index (Phi) is 8.98. The molecule has 5 nitrogen and oxygen atoms in total. The van der Waals surface area contributed by atoms with Crippen LogP contribution in [-0.4, -0.2) is 24.4 Å². The van der Waals surface area contributed by atoms with Gasteiger partial charge in [0.2, 0.25) is 0 Å². The van der Waals surface area contributed by atoms with E-state index in [9.17, 15) is 9.59 Å². The minimum absolute atomic E-state index is 0.141. The van der Waals surface area contributed by atoms with Crippen LogP contribution in [0.3, 0.4) is 0 Å². The highest BCUT2D eigenvalue weighted by atomic mass is 32.2. The molecule has 1 fully saturated rings. The van der Waals surface area contributed by atoms with Crippen LogP contribution in [0.4, 0.5) is 4.79 Å². The van der Waals surface area contributed by atoms with Gasteiger partial charge in [-0.2, -0.15) is 0 Å². The number of benzene rings is 1. The SMILES string of the molecule is COC(=O)[C@H](CC1CCCCC1)SNC(=O)OC(c1ccccc1)C(C)C. The number of carbonyl (C=O) groups is 2. The lowest BCUT2D eigenvalue weighted by Crippen LogP contribution is -2.30. The summed E-state index contributed by atoms with van der Waals surface area (Å²) in [7, 11) is 1.39. The van der Waals surface area contributed by atoms with E-state index >= 15 is 0 Å². The highest BCUT2D eigenvalue weighted by Gasteiger charge is 2.27. The van der Waals surface area contributed by atoms with Crippen LogP contribution in [0, 0.1) is 11.8 Å². The second kappa shape index (κ2) is 11.2. The molecule has 0 saturated heterocycles. The first-order valence-electron chi connectivity index (χ1n) is 9.76. The quantitative estimate of drug-likeness (QED) is 0.481. The van der Waals surface area contributed by atoms with Gasteiger partial charge >= 0.3 is 12.1 Å². The van der Waals surface area contributed by atoms with Gasteiger partial charge in [0.1, 0.15) is 11.4 Å². The molecule has 150 valence electrons. The Hall–Kier alpha value is -1.69. The van der Waals surface area contributed by atoms with Crippen molar-refractivity contribution in [3.63, 3.8) is 0 Å². The summed E-state index contributed by atoms with van der Waals surface area (Å²) in [6.45, 7) is 4.02. The van der Waals surface area contributed by atoms with E-state index in [-0.39, 0.29) is 18.0 Å². The molecular weight excluding hydrogens is 362 g/mol. The summed E-state index contributed by atoms with van der Waals surface area (Å²) in [4.78, 5) is 24.4. The van der Waals surface area contributed by atoms with Gasteiger partial charge < -0.3 is 9.47 Å². The van der Waals surface area contributed by atoms with Crippen LogP contribution < -0.4 is 4.72 Å². The van der Waals surface area contributed by atoms with Crippen LogP contribution in [0.1, 0.15) is 64.0 Å². The molecule has 1 aliphatic carbocycles. The smallest absolute Gasteiger partial charge is 0.417 e. The highest BCUT2D eigenvalue weighted by Crippen LogP contribution is 2.31. The van der Waals surface area contributed by atoms with E-state index in [2.05, 4.69) is 4.72 Å². The van der Waals surface area contributed by atoms with Gasteiger partial charge in [-0.15, -0.1) is 0 Å². The molecule has 1 amide bonds. The Morgan fingerprint density at radius 3 is 2.41 bits per heavy atom. The predicted molar refractivity (Wildman–Crippen MR) is 108 cm³/mol. The number of esters is 1. The third-order valence-corrected chi connectivity index (χ3v) is 5.94. The Morgan fingerprint density at radius 1 is 1.15 bits per heavy atom. The summed E-state index contributed by atoms with van der Waals surface area (Å²) < 4.78 is 13.2. The summed E-state index contributed by atoms with van der Waals surface area (Å²) in [5, 5.41) is -0.403. The zero-order chi connectivity index (χ0) is 19.6.